The smallest absolute Gasteiger partial charge is 0.0621 e. The standard InChI is InChI=1S/C16H25N3O/c1-13-9-15(11-17-10-13)18-14-4-6-19(7-5-14)16-3-2-8-20-12-16/h9-11,14,16,18H,2-8,12H2,1H3. The second-order valence-electron chi connectivity index (χ2n) is 6.08. The van der Waals surface area contributed by atoms with E-state index < -0.39 is 0 Å². The molecule has 3 rings (SSSR count). The lowest BCUT2D eigenvalue weighted by atomic mass is 10.0. The molecule has 0 aromatic carbocycles. The fourth-order valence-corrected chi connectivity index (χ4v) is 3.29. The fraction of sp³-hybridized carbons (Fsp3) is 0.688. The predicted octanol–water partition coefficient (Wildman–Crippen LogP) is 2.45. The summed E-state index contributed by atoms with van der Waals surface area (Å²) in [7, 11) is 0. The molecule has 3 heterocycles. The third-order valence-corrected chi connectivity index (χ3v) is 4.43. The van der Waals surface area contributed by atoms with E-state index in [0.29, 0.717) is 12.1 Å². The van der Waals surface area contributed by atoms with Crippen LogP contribution in [0.5, 0.6) is 0 Å². The Morgan fingerprint density at radius 3 is 2.80 bits per heavy atom. The monoisotopic (exact) mass is 275 g/mol. The minimum atomic E-state index is 0.583. The zero-order valence-electron chi connectivity index (χ0n) is 12.3. The van der Waals surface area contributed by atoms with Crippen molar-refractivity contribution in [2.75, 3.05) is 31.6 Å². The molecule has 4 nitrogen and oxygen atoms in total. The van der Waals surface area contributed by atoms with Crippen molar-refractivity contribution in [1.82, 2.24) is 9.88 Å². The van der Waals surface area contributed by atoms with E-state index in [2.05, 4.69) is 28.2 Å². The molecular formula is C16H25N3O. The molecule has 0 radical (unpaired) electrons. The minimum absolute atomic E-state index is 0.583. The van der Waals surface area contributed by atoms with Crippen molar-refractivity contribution >= 4 is 5.69 Å². The van der Waals surface area contributed by atoms with Crippen LogP contribution in [0.25, 0.3) is 0 Å². The van der Waals surface area contributed by atoms with Crippen molar-refractivity contribution in [2.24, 2.45) is 0 Å². The third kappa shape index (κ3) is 3.49. The molecule has 0 bridgehead atoms. The Hall–Kier alpha value is -1.13. The number of ether oxygens (including phenoxy) is 1. The van der Waals surface area contributed by atoms with Crippen LogP contribution in [0, 0.1) is 6.92 Å². The molecule has 1 atom stereocenters. The first kappa shape index (κ1) is 13.8. The van der Waals surface area contributed by atoms with Crippen LogP contribution in [0.3, 0.4) is 0 Å². The van der Waals surface area contributed by atoms with Crippen LogP contribution >= 0.6 is 0 Å². The van der Waals surface area contributed by atoms with E-state index in [0.717, 1.165) is 18.9 Å². The second kappa shape index (κ2) is 6.55. The molecule has 1 aromatic rings. The van der Waals surface area contributed by atoms with Gasteiger partial charge in [0.05, 0.1) is 12.3 Å². The van der Waals surface area contributed by atoms with E-state index in [1.165, 1.54) is 44.3 Å². The van der Waals surface area contributed by atoms with Crippen molar-refractivity contribution in [1.29, 1.82) is 0 Å². The summed E-state index contributed by atoms with van der Waals surface area (Å²) < 4.78 is 5.61. The summed E-state index contributed by atoms with van der Waals surface area (Å²) in [4.78, 5) is 6.87. The molecule has 2 aliphatic rings. The Balaban J connectivity index is 1.48. The van der Waals surface area contributed by atoms with Crippen molar-refractivity contribution in [3.8, 4) is 0 Å². The first-order chi connectivity index (χ1) is 9.81. The lowest BCUT2D eigenvalue weighted by Gasteiger charge is -2.39. The molecule has 0 aliphatic carbocycles. The van der Waals surface area contributed by atoms with Gasteiger partial charge in [0.2, 0.25) is 0 Å². The van der Waals surface area contributed by atoms with Gasteiger partial charge in [-0.05, 0) is 44.2 Å². The van der Waals surface area contributed by atoms with Gasteiger partial charge < -0.3 is 10.1 Å². The molecule has 2 aliphatic heterocycles. The van der Waals surface area contributed by atoms with Gasteiger partial charge in [0, 0.05) is 44.2 Å². The van der Waals surface area contributed by atoms with Gasteiger partial charge in [-0.15, -0.1) is 0 Å². The van der Waals surface area contributed by atoms with Gasteiger partial charge in [-0.2, -0.15) is 0 Å². The largest absolute Gasteiger partial charge is 0.381 e. The number of rotatable bonds is 3. The van der Waals surface area contributed by atoms with Gasteiger partial charge in [0.1, 0.15) is 0 Å². The van der Waals surface area contributed by atoms with Gasteiger partial charge in [-0.1, -0.05) is 0 Å². The van der Waals surface area contributed by atoms with Crippen molar-refractivity contribution in [2.45, 2.75) is 44.7 Å². The number of nitrogens with one attached hydrogen (secondary N) is 1. The summed E-state index contributed by atoms with van der Waals surface area (Å²) in [5.74, 6) is 0. The highest BCUT2D eigenvalue weighted by Crippen LogP contribution is 2.21. The second-order valence-corrected chi connectivity index (χ2v) is 6.08. The molecule has 1 N–H and O–H groups in total. The first-order valence-corrected chi connectivity index (χ1v) is 7.81. The molecule has 1 unspecified atom stereocenters. The van der Waals surface area contributed by atoms with Crippen LogP contribution in [-0.2, 0) is 4.74 Å². The summed E-state index contributed by atoms with van der Waals surface area (Å²) >= 11 is 0. The summed E-state index contributed by atoms with van der Waals surface area (Å²) in [6.45, 7) is 6.34. The number of piperidine rings is 1. The molecule has 20 heavy (non-hydrogen) atoms. The van der Waals surface area contributed by atoms with E-state index in [1.54, 1.807) is 0 Å². The zero-order chi connectivity index (χ0) is 13.8. The van der Waals surface area contributed by atoms with Gasteiger partial charge in [0.15, 0.2) is 0 Å². The fourth-order valence-electron chi connectivity index (χ4n) is 3.29. The van der Waals surface area contributed by atoms with Crippen molar-refractivity contribution in [3.05, 3.63) is 24.0 Å². The SMILES string of the molecule is Cc1cncc(NC2CCN(C3CCCOC3)CC2)c1. The van der Waals surface area contributed by atoms with E-state index in [4.69, 9.17) is 4.74 Å². The highest BCUT2D eigenvalue weighted by Gasteiger charge is 2.26. The number of nitrogens with zero attached hydrogens (tertiary/aromatic N) is 2. The van der Waals surface area contributed by atoms with E-state index in [-0.39, 0.29) is 0 Å². The Kier molecular flexibility index (Phi) is 4.53. The quantitative estimate of drug-likeness (QED) is 0.919. The van der Waals surface area contributed by atoms with E-state index in [9.17, 15) is 0 Å². The van der Waals surface area contributed by atoms with Gasteiger partial charge >= 0.3 is 0 Å². The Morgan fingerprint density at radius 1 is 1.25 bits per heavy atom. The molecule has 4 heteroatoms. The molecule has 0 amide bonds. The van der Waals surface area contributed by atoms with Gasteiger partial charge in [-0.25, -0.2) is 0 Å². The molecular weight excluding hydrogens is 250 g/mol. The first-order valence-electron chi connectivity index (χ1n) is 7.81. The number of anilines is 1. The maximum atomic E-state index is 5.61. The molecule has 2 fully saturated rings. The summed E-state index contributed by atoms with van der Waals surface area (Å²) in [6, 6.07) is 3.42. The Morgan fingerprint density at radius 2 is 2.10 bits per heavy atom. The summed E-state index contributed by atoms with van der Waals surface area (Å²) in [5, 5.41) is 3.62. The Bertz CT molecular complexity index is 423. The van der Waals surface area contributed by atoms with Crippen LogP contribution in [-0.4, -0.2) is 48.3 Å². The highest BCUT2D eigenvalue weighted by molar-refractivity contribution is 5.43. The van der Waals surface area contributed by atoms with E-state index in [1.807, 2.05) is 12.4 Å². The summed E-state index contributed by atoms with van der Waals surface area (Å²) in [5.41, 5.74) is 2.37. The maximum absolute atomic E-state index is 5.61. The van der Waals surface area contributed by atoms with Crippen molar-refractivity contribution in [3.63, 3.8) is 0 Å². The lowest BCUT2D eigenvalue weighted by Crippen LogP contribution is -2.47. The van der Waals surface area contributed by atoms with Crippen LogP contribution in [0.2, 0.25) is 0 Å². The maximum Gasteiger partial charge on any atom is 0.0621 e. The van der Waals surface area contributed by atoms with Crippen LogP contribution in [0.4, 0.5) is 5.69 Å². The average Bonchev–Trinajstić information content (AvgIpc) is 2.49. The lowest BCUT2D eigenvalue weighted by molar-refractivity contribution is 0.00988. The number of hydrogen-bond donors (Lipinski definition) is 1. The van der Waals surface area contributed by atoms with Crippen molar-refractivity contribution < 1.29 is 4.74 Å². The van der Waals surface area contributed by atoms with Crippen LogP contribution in [0.1, 0.15) is 31.2 Å². The predicted molar refractivity (Wildman–Crippen MR) is 81.0 cm³/mol. The molecule has 110 valence electrons. The molecule has 1 aromatic heterocycles. The van der Waals surface area contributed by atoms with Gasteiger partial charge in [-0.3, -0.25) is 9.88 Å². The van der Waals surface area contributed by atoms with Crippen LogP contribution in [0.15, 0.2) is 18.5 Å². The molecule has 0 spiro atoms. The number of aromatic nitrogens is 1. The highest BCUT2D eigenvalue weighted by atomic mass is 16.5. The number of aryl methyl sites for hydroxylation is 1. The average molecular weight is 275 g/mol. The van der Waals surface area contributed by atoms with Crippen LogP contribution < -0.4 is 5.32 Å². The minimum Gasteiger partial charge on any atom is -0.381 e. The van der Waals surface area contributed by atoms with E-state index >= 15 is 0 Å². The number of pyridine rings is 1. The zero-order valence-corrected chi connectivity index (χ0v) is 12.3. The number of likely N-dealkylation sites (tertiary alicyclic amines) is 1. The Labute approximate surface area is 121 Å². The number of hydrogen-bond acceptors (Lipinski definition) is 4. The summed E-state index contributed by atoms with van der Waals surface area (Å²) in [6.07, 6.45) is 8.78. The van der Waals surface area contributed by atoms with Gasteiger partial charge in [0.25, 0.3) is 0 Å². The molecule has 2 saturated heterocycles. The topological polar surface area (TPSA) is 37.4 Å². The molecule has 0 saturated carbocycles. The third-order valence-electron chi connectivity index (χ3n) is 4.43. The normalized spacial score (nSPS) is 25.6.